The zero-order valence-corrected chi connectivity index (χ0v) is 13.0. The molecule has 114 valence electrons. The first kappa shape index (κ1) is 15.0. The highest BCUT2D eigenvalue weighted by atomic mass is 15.3. The van der Waals surface area contributed by atoms with Crippen LogP contribution in [0.15, 0.2) is 12.4 Å². The van der Waals surface area contributed by atoms with E-state index in [1.54, 1.807) is 6.20 Å². The summed E-state index contributed by atoms with van der Waals surface area (Å²) in [6.45, 7) is 3.49. The Hall–Kier alpha value is -2.38. The van der Waals surface area contributed by atoms with Crippen LogP contribution >= 0.6 is 0 Å². The van der Waals surface area contributed by atoms with Gasteiger partial charge in [0.25, 0.3) is 0 Å². The summed E-state index contributed by atoms with van der Waals surface area (Å²) < 4.78 is 1.96. The first-order chi connectivity index (χ1) is 10.1. The molecule has 2 aromatic heterocycles. The second-order valence-electron chi connectivity index (χ2n) is 4.91. The summed E-state index contributed by atoms with van der Waals surface area (Å²) in [6.07, 6.45) is 4.69. The molecule has 0 saturated heterocycles. The number of rotatable bonds is 7. The normalized spacial score (nSPS) is 10.5. The van der Waals surface area contributed by atoms with Gasteiger partial charge < -0.3 is 20.1 Å². The van der Waals surface area contributed by atoms with Gasteiger partial charge in [0.15, 0.2) is 0 Å². The molecule has 0 spiro atoms. The van der Waals surface area contributed by atoms with E-state index >= 15 is 0 Å². The standard InChI is InChI=1S/C13H22N8/c1-5-6-15-11-17-12(19-13(18-11)20(2)3)16-9-10-14-7-8-21(10)4/h7-8H,5-6,9H2,1-4H3,(H2,15,16,17,18,19). The Labute approximate surface area is 124 Å². The lowest BCUT2D eigenvalue weighted by Crippen LogP contribution is -2.17. The monoisotopic (exact) mass is 290 g/mol. The van der Waals surface area contributed by atoms with E-state index < -0.39 is 0 Å². The van der Waals surface area contributed by atoms with Gasteiger partial charge in [0.05, 0.1) is 6.54 Å². The Bertz CT molecular complexity index is 577. The fourth-order valence-corrected chi connectivity index (χ4v) is 1.68. The first-order valence-corrected chi connectivity index (χ1v) is 6.97. The molecule has 2 heterocycles. The fraction of sp³-hybridized carbons (Fsp3) is 0.538. The lowest BCUT2D eigenvalue weighted by molar-refractivity contribution is 0.805. The van der Waals surface area contributed by atoms with Crippen molar-refractivity contribution < 1.29 is 0 Å². The quantitative estimate of drug-likeness (QED) is 0.790. The molecule has 0 radical (unpaired) electrons. The number of hydrogen-bond donors (Lipinski definition) is 2. The van der Waals surface area contributed by atoms with Crippen molar-refractivity contribution in [2.45, 2.75) is 19.9 Å². The number of nitrogens with one attached hydrogen (secondary N) is 2. The maximum Gasteiger partial charge on any atom is 0.231 e. The number of anilines is 3. The minimum atomic E-state index is 0.537. The van der Waals surface area contributed by atoms with Gasteiger partial charge in [-0.3, -0.25) is 0 Å². The summed E-state index contributed by atoms with van der Waals surface area (Å²) in [5, 5.41) is 6.37. The molecule has 8 nitrogen and oxygen atoms in total. The van der Waals surface area contributed by atoms with Gasteiger partial charge in [-0.1, -0.05) is 6.92 Å². The van der Waals surface area contributed by atoms with Gasteiger partial charge in [-0.15, -0.1) is 0 Å². The van der Waals surface area contributed by atoms with Crippen LogP contribution in [0.3, 0.4) is 0 Å². The van der Waals surface area contributed by atoms with Gasteiger partial charge in [0.2, 0.25) is 17.8 Å². The zero-order valence-electron chi connectivity index (χ0n) is 13.0. The van der Waals surface area contributed by atoms with Crippen LogP contribution in [0.25, 0.3) is 0 Å². The van der Waals surface area contributed by atoms with Crippen LogP contribution < -0.4 is 15.5 Å². The number of aromatic nitrogens is 5. The van der Waals surface area contributed by atoms with Crippen molar-refractivity contribution in [1.82, 2.24) is 24.5 Å². The minimum Gasteiger partial charge on any atom is -0.354 e. The highest BCUT2D eigenvalue weighted by molar-refractivity contribution is 5.42. The number of hydrogen-bond acceptors (Lipinski definition) is 7. The number of aryl methyl sites for hydroxylation is 1. The number of nitrogens with zero attached hydrogens (tertiary/aromatic N) is 6. The van der Waals surface area contributed by atoms with Crippen molar-refractivity contribution in [2.24, 2.45) is 7.05 Å². The van der Waals surface area contributed by atoms with Crippen molar-refractivity contribution in [3.8, 4) is 0 Å². The van der Waals surface area contributed by atoms with E-state index in [0.29, 0.717) is 24.4 Å². The molecule has 0 atom stereocenters. The third-order valence-corrected chi connectivity index (χ3v) is 2.88. The van der Waals surface area contributed by atoms with E-state index in [1.807, 2.05) is 36.8 Å². The van der Waals surface area contributed by atoms with Gasteiger partial charge in [0.1, 0.15) is 5.82 Å². The molecule has 2 aromatic rings. The largest absolute Gasteiger partial charge is 0.354 e. The molecule has 21 heavy (non-hydrogen) atoms. The summed E-state index contributed by atoms with van der Waals surface area (Å²) in [5.74, 6) is 2.66. The lowest BCUT2D eigenvalue weighted by atomic mass is 10.5. The molecule has 0 fully saturated rings. The van der Waals surface area contributed by atoms with Crippen LogP contribution in [0.2, 0.25) is 0 Å². The van der Waals surface area contributed by atoms with Crippen LogP contribution in [0.5, 0.6) is 0 Å². The molecule has 0 aliphatic carbocycles. The van der Waals surface area contributed by atoms with E-state index in [-0.39, 0.29) is 0 Å². The van der Waals surface area contributed by atoms with Gasteiger partial charge in [-0.2, -0.15) is 15.0 Å². The van der Waals surface area contributed by atoms with E-state index in [9.17, 15) is 0 Å². The summed E-state index contributed by atoms with van der Waals surface area (Å²) >= 11 is 0. The van der Waals surface area contributed by atoms with Crippen molar-refractivity contribution >= 4 is 17.8 Å². The van der Waals surface area contributed by atoms with Crippen LogP contribution in [-0.2, 0) is 13.6 Å². The van der Waals surface area contributed by atoms with Crippen LogP contribution in [0.4, 0.5) is 17.8 Å². The topological polar surface area (TPSA) is 83.8 Å². The Kier molecular flexibility index (Phi) is 4.91. The maximum absolute atomic E-state index is 4.39. The smallest absolute Gasteiger partial charge is 0.231 e. The second kappa shape index (κ2) is 6.87. The Morgan fingerprint density at radius 2 is 1.86 bits per heavy atom. The third kappa shape index (κ3) is 4.04. The van der Waals surface area contributed by atoms with Gasteiger partial charge in [-0.05, 0) is 6.42 Å². The van der Waals surface area contributed by atoms with Gasteiger partial charge in [0, 0.05) is 40.1 Å². The molecule has 2 N–H and O–H groups in total. The third-order valence-electron chi connectivity index (χ3n) is 2.88. The molecule has 0 aromatic carbocycles. The van der Waals surface area contributed by atoms with Crippen molar-refractivity contribution in [2.75, 3.05) is 36.2 Å². The predicted octanol–water partition coefficient (Wildman–Crippen LogP) is 1.11. The van der Waals surface area contributed by atoms with Gasteiger partial charge >= 0.3 is 0 Å². The van der Waals surface area contributed by atoms with E-state index in [1.165, 1.54) is 0 Å². The Balaban J connectivity index is 2.13. The zero-order chi connectivity index (χ0) is 15.2. The summed E-state index contributed by atoms with van der Waals surface area (Å²) in [4.78, 5) is 19.2. The molecule has 0 aliphatic heterocycles. The molecule has 0 unspecified atom stereocenters. The first-order valence-electron chi connectivity index (χ1n) is 6.97. The van der Waals surface area contributed by atoms with Crippen LogP contribution in [0.1, 0.15) is 19.2 Å². The van der Waals surface area contributed by atoms with E-state index in [4.69, 9.17) is 0 Å². The molecular formula is C13H22N8. The second-order valence-corrected chi connectivity index (χ2v) is 4.91. The highest BCUT2D eigenvalue weighted by Crippen LogP contribution is 2.12. The average Bonchev–Trinajstić information content (AvgIpc) is 2.88. The Morgan fingerprint density at radius 3 is 2.43 bits per heavy atom. The van der Waals surface area contributed by atoms with E-state index in [2.05, 4.69) is 37.5 Å². The SMILES string of the molecule is CCCNc1nc(NCc2nccn2C)nc(N(C)C)n1. The molecule has 8 heteroatoms. The number of imidazole rings is 1. The maximum atomic E-state index is 4.39. The average molecular weight is 290 g/mol. The predicted molar refractivity (Wildman–Crippen MR) is 83.5 cm³/mol. The van der Waals surface area contributed by atoms with Crippen molar-refractivity contribution in [1.29, 1.82) is 0 Å². The van der Waals surface area contributed by atoms with Crippen molar-refractivity contribution in [3.63, 3.8) is 0 Å². The van der Waals surface area contributed by atoms with Crippen LogP contribution in [0, 0.1) is 0 Å². The summed E-state index contributed by atoms with van der Waals surface area (Å²) in [7, 11) is 5.76. The molecular weight excluding hydrogens is 268 g/mol. The highest BCUT2D eigenvalue weighted by Gasteiger charge is 2.08. The molecule has 2 rings (SSSR count). The Morgan fingerprint density at radius 1 is 1.14 bits per heavy atom. The minimum absolute atomic E-state index is 0.537. The van der Waals surface area contributed by atoms with Crippen molar-refractivity contribution in [3.05, 3.63) is 18.2 Å². The van der Waals surface area contributed by atoms with Crippen LogP contribution in [-0.4, -0.2) is 45.1 Å². The lowest BCUT2D eigenvalue weighted by Gasteiger charge is -2.14. The molecule has 0 aliphatic rings. The molecule has 0 amide bonds. The van der Waals surface area contributed by atoms with Gasteiger partial charge in [-0.25, -0.2) is 4.98 Å². The fourth-order valence-electron chi connectivity index (χ4n) is 1.68. The summed E-state index contributed by atoms with van der Waals surface area (Å²) in [5.41, 5.74) is 0. The van der Waals surface area contributed by atoms with E-state index in [0.717, 1.165) is 18.8 Å². The molecule has 0 saturated carbocycles. The molecule has 0 bridgehead atoms. The summed E-state index contributed by atoms with van der Waals surface area (Å²) in [6, 6.07) is 0.